The highest BCUT2D eigenvalue weighted by Crippen LogP contribution is 2.39. The maximum absolute atomic E-state index is 13.2. The number of rotatable bonds is 9. The molecule has 10 heteroatoms. The smallest absolute Gasteiger partial charge is 0.377 e. The minimum absolute atomic E-state index is 0.0332. The van der Waals surface area contributed by atoms with E-state index < -0.39 is 23.5 Å². The van der Waals surface area contributed by atoms with E-state index in [1.165, 1.54) is 7.11 Å². The van der Waals surface area contributed by atoms with Gasteiger partial charge in [-0.25, -0.2) is 0 Å². The molecular weight excluding hydrogens is 474 g/mol. The second-order valence-corrected chi connectivity index (χ2v) is 9.78. The molecule has 0 spiro atoms. The Morgan fingerprint density at radius 1 is 0.857 bits per heavy atom. The molecule has 2 fully saturated rings. The Morgan fingerprint density at radius 3 is 1.86 bits per heavy atom. The quantitative estimate of drug-likeness (QED) is 0.381. The van der Waals surface area contributed by atoms with E-state index >= 15 is 0 Å². The number of alkyl halides is 6. The topological polar surface area (TPSA) is 32.8 Å². The van der Waals surface area contributed by atoms with Crippen LogP contribution in [0.4, 0.5) is 32.0 Å². The summed E-state index contributed by atoms with van der Waals surface area (Å²) in [6.07, 6.45) is -2.64. The lowest BCUT2D eigenvalue weighted by molar-refractivity contribution is -0.143. The number of anilines is 1. The van der Waals surface area contributed by atoms with E-state index in [9.17, 15) is 31.1 Å². The van der Waals surface area contributed by atoms with Gasteiger partial charge in [0, 0.05) is 45.4 Å². The van der Waals surface area contributed by atoms with Crippen LogP contribution in [0.25, 0.3) is 0 Å². The Labute approximate surface area is 202 Å². The van der Waals surface area contributed by atoms with Crippen molar-refractivity contribution in [3.8, 4) is 0 Å². The lowest BCUT2D eigenvalue weighted by Gasteiger charge is -2.37. The van der Waals surface area contributed by atoms with Crippen LogP contribution in [0.1, 0.15) is 56.1 Å². The molecule has 3 rings (SSSR count). The summed E-state index contributed by atoms with van der Waals surface area (Å²) < 4.78 is 83.8. The Kier molecular flexibility index (Phi) is 9.48. The van der Waals surface area contributed by atoms with E-state index in [0.717, 1.165) is 57.2 Å². The molecule has 4 nitrogen and oxygen atoms in total. The average Bonchev–Trinajstić information content (AvgIpc) is 2.81. The van der Waals surface area contributed by atoms with Crippen molar-refractivity contribution < 1.29 is 35.9 Å². The Balaban J connectivity index is 1.44. The predicted octanol–water partition coefficient (Wildman–Crippen LogP) is 6.04. The van der Waals surface area contributed by atoms with Crippen LogP contribution in [0.2, 0.25) is 0 Å². The van der Waals surface area contributed by atoms with Crippen molar-refractivity contribution >= 4 is 11.5 Å². The predicted molar refractivity (Wildman–Crippen MR) is 121 cm³/mol. The normalized spacial score (nSPS) is 22.4. The molecule has 0 amide bonds. The lowest BCUT2D eigenvalue weighted by Crippen LogP contribution is -2.47. The molecule has 0 atom stereocenters. The number of methoxy groups -OCH3 is 1. The molecule has 2 aliphatic rings. The zero-order valence-electron chi connectivity index (χ0n) is 20.1. The van der Waals surface area contributed by atoms with Crippen molar-refractivity contribution in [2.45, 2.75) is 57.3 Å². The highest BCUT2D eigenvalue weighted by molar-refractivity contribution is 5.79. The summed E-state index contributed by atoms with van der Waals surface area (Å²) in [5.41, 5.74) is -2.58. The molecule has 1 aliphatic carbocycles. The summed E-state index contributed by atoms with van der Waals surface area (Å²) in [7, 11) is 1.53. The molecule has 35 heavy (non-hydrogen) atoms. The fraction of sp³-hybridized carbons (Fsp3) is 0.720. The summed E-state index contributed by atoms with van der Waals surface area (Å²) in [5.74, 6) is 1.36. The molecule has 0 aromatic heterocycles. The monoisotopic (exact) mass is 508 g/mol. The number of piperazine rings is 1. The molecule has 1 heterocycles. The number of ether oxygens (including phenoxy) is 1. The molecule has 1 saturated heterocycles. The summed E-state index contributed by atoms with van der Waals surface area (Å²) in [6.45, 7) is 3.05. The number of benzene rings is 1. The molecule has 1 saturated carbocycles. The first-order chi connectivity index (χ1) is 16.5. The van der Waals surface area contributed by atoms with Crippen LogP contribution in [-0.2, 0) is 21.9 Å². The highest BCUT2D eigenvalue weighted by atomic mass is 19.4. The zero-order valence-corrected chi connectivity index (χ0v) is 20.1. The van der Waals surface area contributed by atoms with Crippen LogP contribution in [0.3, 0.4) is 0 Å². The van der Waals surface area contributed by atoms with Gasteiger partial charge in [-0.3, -0.25) is 9.69 Å². The number of Topliss-reactive ketones (excluding diaryl/α,β-unsaturated/α-hetero) is 1. The molecule has 1 aliphatic heterocycles. The Bertz CT molecular complexity index is 794. The molecule has 0 unspecified atom stereocenters. The molecule has 198 valence electrons. The van der Waals surface area contributed by atoms with E-state index in [1.807, 2.05) is 0 Å². The van der Waals surface area contributed by atoms with Gasteiger partial charge in [0.25, 0.3) is 0 Å². The van der Waals surface area contributed by atoms with Gasteiger partial charge in [0.15, 0.2) is 5.78 Å². The van der Waals surface area contributed by atoms with E-state index in [0.29, 0.717) is 44.4 Å². The summed E-state index contributed by atoms with van der Waals surface area (Å²) in [6, 6.07) is 1.80. The number of hydrogen-bond donors (Lipinski definition) is 0. The van der Waals surface area contributed by atoms with Crippen molar-refractivity contribution in [2.75, 3.05) is 51.3 Å². The van der Waals surface area contributed by atoms with Crippen molar-refractivity contribution in [2.24, 2.45) is 11.8 Å². The molecule has 1 aromatic carbocycles. The summed E-state index contributed by atoms with van der Waals surface area (Å²) in [5, 5.41) is 0. The highest BCUT2D eigenvalue weighted by Gasteiger charge is 2.37. The van der Waals surface area contributed by atoms with Gasteiger partial charge in [-0.2, -0.15) is 26.3 Å². The number of halogens is 6. The van der Waals surface area contributed by atoms with E-state index in [4.69, 9.17) is 4.74 Å². The number of nitrogens with zero attached hydrogens (tertiary/aromatic N) is 2. The minimum atomic E-state index is -4.84. The first-order valence-electron chi connectivity index (χ1n) is 12.2. The largest absolute Gasteiger partial charge is 0.416 e. The fourth-order valence-corrected chi connectivity index (χ4v) is 5.12. The first kappa shape index (κ1) is 27.8. The molecule has 0 radical (unpaired) electrons. The summed E-state index contributed by atoms with van der Waals surface area (Å²) >= 11 is 0. The third-order valence-corrected chi connectivity index (χ3v) is 7.27. The number of ketones is 1. The molecule has 0 N–H and O–H groups in total. The van der Waals surface area contributed by atoms with E-state index in [2.05, 4.69) is 4.90 Å². The van der Waals surface area contributed by atoms with Gasteiger partial charge >= 0.3 is 12.4 Å². The summed E-state index contributed by atoms with van der Waals surface area (Å²) in [4.78, 5) is 15.5. The van der Waals surface area contributed by atoms with E-state index in [1.54, 1.807) is 4.90 Å². The van der Waals surface area contributed by atoms with Crippen LogP contribution < -0.4 is 4.90 Å². The number of carbonyl (C=O) groups excluding carboxylic acids is 1. The van der Waals surface area contributed by atoms with Crippen LogP contribution in [0, 0.1) is 11.8 Å². The minimum Gasteiger partial charge on any atom is -0.377 e. The fourth-order valence-electron chi connectivity index (χ4n) is 5.12. The third kappa shape index (κ3) is 8.37. The van der Waals surface area contributed by atoms with Gasteiger partial charge in [0.2, 0.25) is 0 Å². The van der Waals surface area contributed by atoms with Gasteiger partial charge in [-0.1, -0.05) is 25.7 Å². The van der Waals surface area contributed by atoms with Crippen molar-refractivity contribution in [1.82, 2.24) is 4.90 Å². The SMILES string of the molecule is COCC(=O)CCC1CCC(CCN2CCN(c3cc(C(F)(F)F)cc(C(F)(F)F)c3)CC2)CC1. The van der Waals surface area contributed by atoms with Gasteiger partial charge in [0.05, 0.1) is 11.1 Å². The zero-order chi connectivity index (χ0) is 25.6. The van der Waals surface area contributed by atoms with Crippen LogP contribution in [-0.4, -0.2) is 57.1 Å². The van der Waals surface area contributed by atoms with Crippen LogP contribution >= 0.6 is 0 Å². The van der Waals surface area contributed by atoms with Gasteiger partial charge in [-0.15, -0.1) is 0 Å². The van der Waals surface area contributed by atoms with Crippen molar-refractivity contribution in [3.05, 3.63) is 29.3 Å². The van der Waals surface area contributed by atoms with Gasteiger partial charge in [0.1, 0.15) is 6.61 Å². The molecular formula is C25H34F6N2O2. The standard InChI is InChI=1S/C25H34F6N2O2/c1-35-17-23(34)7-6-18-2-4-19(5-3-18)8-9-32-10-12-33(13-11-32)22-15-20(24(26,27)28)14-21(16-22)25(29,30)31/h14-16,18-19H,2-13,17H2,1H3. The molecule has 0 bridgehead atoms. The lowest BCUT2D eigenvalue weighted by atomic mass is 9.78. The van der Waals surface area contributed by atoms with E-state index in [-0.39, 0.29) is 24.1 Å². The maximum Gasteiger partial charge on any atom is 0.416 e. The maximum atomic E-state index is 13.2. The van der Waals surface area contributed by atoms with Crippen LogP contribution in [0.5, 0.6) is 0 Å². The third-order valence-electron chi connectivity index (χ3n) is 7.27. The second-order valence-electron chi connectivity index (χ2n) is 9.78. The number of hydrogen-bond acceptors (Lipinski definition) is 4. The number of carbonyl (C=O) groups is 1. The van der Waals surface area contributed by atoms with Crippen molar-refractivity contribution in [1.29, 1.82) is 0 Å². The van der Waals surface area contributed by atoms with Crippen molar-refractivity contribution in [3.63, 3.8) is 0 Å². The Hall–Kier alpha value is -1.81. The van der Waals surface area contributed by atoms with Crippen LogP contribution in [0.15, 0.2) is 18.2 Å². The average molecular weight is 509 g/mol. The second kappa shape index (κ2) is 12.0. The molecule has 1 aromatic rings. The first-order valence-corrected chi connectivity index (χ1v) is 12.2. The van der Waals surface area contributed by atoms with Gasteiger partial charge in [-0.05, 0) is 49.4 Å². The van der Waals surface area contributed by atoms with Gasteiger partial charge < -0.3 is 9.64 Å². The Morgan fingerprint density at radius 2 is 1.37 bits per heavy atom.